The van der Waals surface area contributed by atoms with Crippen molar-refractivity contribution >= 4 is 5.69 Å². The van der Waals surface area contributed by atoms with Gasteiger partial charge < -0.3 is 15.0 Å². The number of nitrogens with one attached hydrogen (secondary N) is 1. The van der Waals surface area contributed by atoms with Gasteiger partial charge in [0, 0.05) is 31.9 Å². The Kier molecular flexibility index (Phi) is 7.53. The van der Waals surface area contributed by atoms with E-state index in [1.165, 1.54) is 11.3 Å². The highest BCUT2D eigenvalue weighted by Gasteiger charge is 2.14. The van der Waals surface area contributed by atoms with Gasteiger partial charge in [-0.05, 0) is 31.5 Å². The van der Waals surface area contributed by atoms with Gasteiger partial charge in [-0.1, -0.05) is 32.0 Å². The summed E-state index contributed by atoms with van der Waals surface area (Å²) in [5.41, 5.74) is 2.68. The van der Waals surface area contributed by atoms with E-state index in [4.69, 9.17) is 4.74 Å². The maximum atomic E-state index is 5.44. The Morgan fingerprint density at radius 3 is 2.58 bits per heavy atom. The molecule has 0 heterocycles. The minimum absolute atomic E-state index is 0.427. The number of para-hydroxylation sites is 1. The highest BCUT2D eigenvalue weighted by atomic mass is 16.5. The zero-order valence-corrected chi connectivity index (χ0v) is 12.8. The van der Waals surface area contributed by atoms with E-state index in [0.717, 1.165) is 32.7 Å². The Balaban J connectivity index is 2.81. The molecule has 0 bridgehead atoms. The van der Waals surface area contributed by atoms with Crippen LogP contribution in [0.25, 0.3) is 0 Å². The summed E-state index contributed by atoms with van der Waals surface area (Å²) in [6, 6.07) is 9.07. The van der Waals surface area contributed by atoms with E-state index in [1.54, 1.807) is 0 Å². The number of nitrogens with zero attached hydrogens (tertiary/aromatic N) is 1. The summed E-state index contributed by atoms with van der Waals surface area (Å²) in [6.07, 6.45) is 1.10. The number of ether oxygens (including phenoxy) is 1. The van der Waals surface area contributed by atoms with Crippen molar-refractivity contribution < 1.29 is 4.74 Å². The molecular formula is C16H28N2O. The quantitative estimate of drug-likeness (QED) is 0.693. The summed E-state index contributed by atoms with van der Waals surface area (Å²) >= 11 is 0. The largest absolute Gasteiger partial charge is 0.380 e. The molecule has 1 atom stereocenters. The number of anilines is 1. The minimum atomic E-state index is 0.427. The van der Waals surface area contributed by atoms with Crippen molar-refractivity contribution in [3.63, 3.8) is 0 Å². The molecule has 1 aromatic carbocycles. The van der Waals surface area contributed by atoms with Crippen molar-refractivity contribution in [3.05, 3.63) is 29.8 Å². The van der Waals surface area contributed by atoms with Crippen LogP contribution >= 0.6 is 0 Å². The zero-order valence-electron chi connectivity index (χ0n) is 12.8. The van der Waals surface area contributed by atoms with E-state index < -0.39 is 0 Å². The van der Waals surface area contributed by atoms with Crippen LogP contribution < -0.4 is 10.2 Å². The minimum Gasteiger partial charge on any atom is -0.380 e. The molecule has 1 rings (SSSR count). The first-order chi connectivity index (χ1) is 9.24. The number of likely N-dealkylation sites (N-methyl/N-ethyl adjacent to an activating group) is 1. The van der Waals surface area contributed by atoms with Crippen LogP contribution in [0.3, 0.4) is 0 Å². The third-order valence-corrected chi connectivity index (χ3v) is 3.36. The van der Waals surface area contributed by atoms with Gasteiger partial charge in [-0.3, -0.25) is 0 Å². The lowest BCUT2D eigenvalue weighted by Crippen LogP contribution is -2.27. The normalized spacial score (nSPS) is 12.4. The van der Waals surface area contributed by atoms with Gasteiger partial charge in [0.15, 0.2) is 0 Å². The fourth-order valence-corrected chi connectivity index (χ4v) is 2.32. The second kappa shape index (κ2) is 8.94. The van der Waals surface area contributed by atoms with Gasteiger partial charge in [0.05, 0.1) is 6.61 Å². The lowest BCUT2D eigenvalue weighted by atomic mass is 10.0. The Labute approximate surface area is 118 Å². The lowest BCUT2D eigenvalue weighted by Gasteiger charge is -2.26. The van der Waals surface area contributed by atoms with Crippen LogP contribution in [0.4, 0.5) is 5.69 Å². The second-order valence-electron chi connectivity index (χ2n) is 4.70. The van der Waals surface area contributed by atoms with Crippen molar-refractivity contribution in [2.24, 2.45) is 0 Å². The van der Waals surface area contributed by atoms with E-state index in [9.17, 15) is 0 Å². The fraction of sp³-hybridized carbons (Fsp3) is 0.625. The van der Waals surface area contributed by atoms with Gasteiger partial charge in [0.25, 0.3) is 0 Å². The third kappa shape index (κ3) is 4.84. The molecule has 19 heavy (non-hydrogen) atoms. The van der Waals surface area contributed by atoms with E-state index in [0.29, 0.717) is 6.04 Å². The molecule has 0 amide bonds. The predicted molar refractivity (Wildman–Crippen MR) is 82.9 cm³/mol. The molecule has 1 N–H and O–H groups in total. The molecule has 3 heteroatoms. The number of rotatable bonds is 9. The maximum absolute atomic E-state index is 5.44. The van der Waals surface area contributed by atoms with Crippen LogP contribution in [0, 0.1) is 0 Å². The Bertz CT molecular complexity index is 354. The average Bonchev–Trinajstić information content (AvgIpc) is 2.45. The Morgan fingerprint density at radius 2 is 1.95 bits per heavy atom. The molecule has 1 aromatic rings. The maximum Gasteiger partial charge on any atom is 0.0641 e. The SMILES string of the molecule is CCNC(CC)c1ccccc1N(C)CCOCC. The summed E-state index contributed by atoms with van der Waals surface area (Å²) in [7, 11) is 2.14. The highest BCUT2D eigenvalue weighted by Crippen LogP contribution is 2.27. The van der Waals surface area contributed by atoms with Crippen LogP contribution in [-0.2, 0) is 4.74 Å². The molecule has 3 nitrogen and oxygen atoms in total. The molecule has 0 aliphatic rings. The molecule has 0 aliphatic carbocycles. The lowest BCUT2D eigenvalue weighted by molar-refractivity contribution is 0.154. The Morgan fingerprint density at radius 1 is 1.21 bits per heavy atom. The van der Waals surface area contributed by atoms with Gasteiger partial charge in [-0.2, -0.15) is 0 Å². The molecule has 0 radical (unpaired) electrons. The van der Waals surface area contributed by atoms with Crippen molar-refractivity contribution in [2.75, 3.05) is 38.3 Å². The summed E-state index contributed by atoms with van der Waals surface area (Å²) in [5, 5.41) is 3.55. The molecule has 0 saturated heterocycles. The molecule has 0 aliphatic heterocycles. The van der Waals surface area contributed by atoms with Gasteiger partial charge >= 0.3 is 0 Å². The predicted octanol–water partition coefficient (Wildman–Crippen LogP) is 3.22. The standard InChI is InChI=1S/C16H28N2O/c1-5-15(17-6-2)14-10-8-9-11-16(14)18(4)12-13-19-7-3/h8-11,15,17H,5-7,12-13H2,1-4H3. The fourth-order valence-electron chi connectivity index (χ4n) is 2.32. The van der Waals surface area contributed by atoms with E-state index in [-0.39, 0.29) is 0 Å². The van der Waals surface area contributed by atoms with Crippen LogP contribution in [0.5, 0.6) is 0 Å². The number of hydrogen-bond acceptors (Lipinski definition) is 3. The smallest absolute Gasteiger partial charge is 0.0641 e. The van der Waals surface area contributed by atoms with Crippen LogP contribution in [-0.4, -0.2) is 33.4 Å². The average molecular weight is 264 g/mol. The molecule has 1 unspecified atom stereocenters. The summed E-state index contributed by atoms with van der Waals surface area (Å²) in [4.78, 5) is 2.28. The van der Waals surface area contributed by atoms with Crippen molar-refractivity contribution in [1.29, 1.82) is 0 Å². The first kappa shape index (κ1) is 16.0. The Hall–Kier alpha value is -1.06. The molecule has 0 spiro atoms. The molecule has 108 valence electrons. The third-order valence-electron chi connectivity index (χ3n) is 3.36. The van der Waals surface area contributed by atoms with Crippen molar-refractivity contribution in [1.82, 2.24) is 5.32 Å². The van der Waals surface area contributed by atoms with Crippen LogP contribution in [0.2, 0.25) is 0 Å². The summed E-state index contributed by atoms with van der Waals surface area (Å²) in [6.45, 7) is 9.90. The molecular weight excluding hydrogens is 236 g/mol. The van der Waals surface area contributed by atoms with Gasteiger partial charge in [-0.15, -0.1) is 0 Å². The zero-order chi connectivity index (χ0) is 14.1. The van der Waals surface area contributed by atoms with E-state index >= 15 is 0 Å². The first-order valence-corrected chi connectivity index (χ1v) is 7.35. The van der Waals surface area contributed by atoms with Crippen LogP contribution in [0.1, 0.15) is 38.8 Å². The van der Waals surface area contributed by atoms with Crippen LogP contribution in [0.15, 0.2) is 24.3 Å². The first-order valence-electron chi connectivity index (χ1n) is 7.35. The number of hydrogen-bond donors (Lipinski definition) is 1. The van der Waals surface area contributed by atoms with E-state index in [1.807, 2.05) is 6.92 Å². The van der Waals surface area contributed by atoms with Crippen molar-refractivity contribution in [2.45, 2.75) is 33.2 Å². The second-order valence-corrected chi connectivity index (χ2v) is 4.70. The van der Waals surface area contributed by atoms with Gasteiger partial charge in [-0.25, -0.2) is 0 Å². The monoisotopic (exact) mass is 264 g/mol. The summed E-state index contributed by atoms with van der Waals surface area (Å²) < 4.78 is 5.44. The molecule has 0 fully saturated rings. The topological polar surface area (TPSA) is 24.5 Å². The number of benzene rings is 1. The van der Waals surface area contributed by atoms with Crippen molar-refractivity contribution in [3.8, 4) is 0 Å². The summed E-state index contributed by atoms with van der Waals surface area (Å²) in [5.74, 6) is 0. The van der Waals surface area contributed by atoms with Gasteiger partial charge in [0.1, 0.15) is 0 Å². The van der Waals surface area contributed by atoms with Gasteiger partial charge in [0.2, 0.25) is 0 Å². The molecule has 0 aromatic heterocycles. The highest BCUT2D eigenvalue weighted by molar-refractivity contribution is 5.54. The van der Waals surface area contributed by atoms with E-state index in [2.05, 4.69) is 55.4 Å². The molecule has 0 saturated carbocycles.